The Morgan fingerprint density at radius 3 is 2.61 bits per heavy atom. The van der Waals surface area contributed by atoms with Crippen molar-refractivity contribution in [3.05, 3.63) is 0 Å². The zero-order chi connectivity index (χ0) is 14.0. The number of carbonyl (C=O) groups excluding carboxylic acids is 1. The zero-order valence-electron chi connectivity index (χ0n) is 11.4. The molecule has 0 aliphatic rings. The Hall–Kier alpha value is -1.30. The SMILES string of the molecule is COCCN(C)C(=O)NCCC(C)CCC(=O)O. The smallest absolute Gasteiger partial charge is 0.317 e. The summed E-state index contributed by atoms with van der Waals surface area (Å²) in [6.07, 6.45) is 1.62. The summed E-state index contributed by atoms with van der Waals surface area (Å²) >= 11 is 0. The number of carbonyl (C=O) groups is 2. The van der Waals surface area contributed by atoms with Gasteiger partial charge in [-0.15, -0.1) is 0 Å². The molecule has 106 valence electrons. The molecular weight excluding hydrogens is 236 g/mol. The molecule has 0 rings (SSSR count). The Morgan fingerprint density at radius 1 is 1.39 bits per heavy atom. The number of rotatable bonds is 9. The van der Waals surface area contributed by atoms with E-state index in [1.54, 1.807) is 19.1 Å². The molecule has 0 bridgehead atoms. The predicted molar refractivity (Wildman–Crippen MR) is 68.6 cm³/mol. The van der Waals surface area contributed by atoms with Crippen LogP contribution in [0.15, 0.2) is 0 Å². The number of likely N-dealkylation sites (N-methyl/N-ethyl adjacent to an activating group) is 1. The van der Waals surface area contributed by atoms with E-state index in [0.717, 1.165) is 6.42 Å². The first-order valence-electron chi connectivity index (χ1n) is 6.17. The van der Waals surface area contributed by atoms with Crippen molar-refractivity contribution in [1.82, 2.24) is 10.2 Å². The Kier molecular flexibility index (Phi) is 9.00. The van der Waals surface area contributed by atoms with Gasteiger partial charge in [0.05, 0.1) is 6.61 Å². The highest BCUT2D eigenvalue weighted by Gasteiger charge is 2.09. The van der Waals surface area contributed by atoms with Crippen LogP contribution in [0.3, 0.4) is 0 Å². The molecule has 1 atom stereocenters. The molecule has 2 amide bonds. The number of carboxylic acid groups (broad SMARTS) is 1. The molecule has 0 saturated heterocycles. The fourth-order valence-corrected chi connectivity index (χ4v) is 1.40. The number of nitrogens with zero attached hydrogens (tertiary/aromatic N) is 1. The normalized spacial score (nSPS) is 11.9. The molecule has 18 heavy (non-hydrogen) atoms. The van der Waals surface area contributed by atoms with Gasteiger partial charge in [-0.05, 0) is 18.8 Å². The predicted octanol–water partition coefficient (Wildman–Crippen LogP) is 1.17. The average Bonchev–Trinajstić information content (AvgIpc) is 2.33. The molecular formula is C12H24N2O4. The van der Waals surface area contributed by atoms with E-state index in [2.05, 4.69) is 5.32 Å². The largest absolute Gasteiger partial charge is 0.481 e. The second-order valence-electron chi connectivity index (χ2n) is 4.47. The van der Waals surface area contributed by atoms with Crippen molar-refractivity contribution in [1.29, 1.82) is 0 Å². The lowest BCUT2D eigenvalue weighted by Gasteiger charge is -2.18. The highest BCUT2D eigenvalue weighted by Crippen LogP contribution is 2.09. The second kappa shape index (κ2) is 9.70. The van der Waals surface area contributed by atoms with Crippen molar-refractivity contribution in [3.63, 3.8) is 0 Å². The van der Waals surface area contributed by atoms with E-state index in [1.807, 2.05) is 6.92 Å². The fourth-order valence-electron chi connectivity index (χ4n) is 1.40. The summed E-state index contributed by atoms with van der Waals surface area (Å²) in [5.74, 6) is -0.476. The lowest BCUT2D eigenvalue weighted by molar-refractivity contribution is -0.137. The summed E-state index contributed by atoms with van der Waals surface area (Å²) in [6.45, 7) is 3.62. The van der Waals surface area contributed by atoms with Gasteiger partial charge in [0.2, 0.25) is 0 Å². The molecule has 0 aliphatic heterocycles. The monoisotopic (exact) mass is 260 g/mol. The topological polar surface area (TPSA) is 78.9 Å². The first-order chi connectivity index (χ1) is 8.47. The van der Waals surface area contributed by atoms with Gasteiger partial charge in [-0.2, -0.15) is 0 Å². The molecule has 0 spiro atoms. The molecule has 0 fully saturated rings. The number of urea groups is 1. The van der Waals surface area contributed by atoms with Crippen LogP contribution in [0.5, 0.6) is 0 Å². The Balaban J connectivity index is 3.63. The molecule has 0 saturated carbocycles. The second-order valence-corrected chi connectivity index (χ2v) is 4.47. The summed E-state index contributed by atoms with van der Waals surface area (Å²) in [5, 5.41) is 11.3. The number of nitrogens with one attached hydrogen (secondary N) is 1. The van der Waals surface area contributed by atoms with Crippen LogP contribution in [-0.4, -0.2) is 55.9 Å². The van der Waals surface area contributed by atoms with E-state index in [1.165, 1.54) is 0 Å². The van der Waals surface area contributed by atoms with Gasteiger partial charge in [-0.25, -0.2) is 4.79 Å². The molecule has 6 nitrogen and oxygen atoms in total. The zero-order valence-corrected chi connectivity index (χ0v) is 11.4. The summed E-state index contributed by atoms with van der Waals surface area (Å²) in [5.41, 5.74) is 0. The highest BCUT2D eigenvalue weighted by atomic mass is 16.5. The number of aliphatic carboxylic acids is 1. The molecule has 0 aromatic carbocycles. The fraction of sp³-hybridized carbons (Fsp3) is 0.833. The molecule has 0 radical (unpaired) electrons. The number of methoxy groups -OCH3 is 1. The van der Waals surface area contributed by atoms with Crippen LogP contribution in [0.1, 0.15) is 26.2 Å². The van der Waals surface area contributed by atoms with Crippen LogP contribution in [0.25, 0.3) is 0 Å². The maximum Gasteiger partial charge on any atom is 0.317 e. The maximum atomic E-state index is 11.6. The molecule has 0 aromatic rings. The van der Waals surface area contributed by atoms with E-state index in [-0.39, 0.29) is 12.5 Å². The standard InChI is InChI=1S/C12H24N2O4/c1-10(4-5-11(15)16)6-7-13-12(17)14(2)8-9-18-3/h10H,4-9H2,1-3H3,(H,13,17)(H,15,16). The third kappa shape index (κ3) is 8.81. The van der Waals surface area contributed by atoms with Crippen molar-refractivity contribution in [2.24, 2.45) is 5.92 Å². The van der Waals surface area contributed by atoms with E-state index in [9.17, 15) is 9.59 Å². The van der Waals surface area contributed by atoms with Crippen LogP contribution in [0.2, 0.25) is 0 Å². The first kappa shape index (κ1) is 16.7. The minimum absolute atomic E-state index is 0.127. The summed E-state index contributed by atoms with van der Waals surface area (Å²) in [7, 11) is 3.30. The summed E-state index contributed by atoms with van der Waals surface area (Å²) in [6, 6.07) is -0.127. The Morgan fingerprint density at radius 2 is 2.06 bits per heavy atom. The highest BCUT2D eigenvalue weighted by molar-refractivity contribution is 5.73. The molecule has 2 N–H and O–H groups in total. The van der Waals surface area contributed by atoms with Gasteiger partial charge < -0.3 is 20.1 Å². The van der Waals surface area contributed by atoms with E-state index < -0.39 is 5.97 Å². The van der Waals surface area contributed by atoms with E-state index in [0.29, 0.717) is 32.0 Å². The average molecular weight is 260 g/mol. The van der Waals surface area contributed by atoms with Crippen LogP contribution in [0.4, 0.5) is 4.79 Å². The minimum atomic E-state index is -0.773. The number of hydrogen-bond acceptors (Lipinski definition) is 3. The van der Waals surface area contributed by atoms with Gasteiger partial charge in [-0.1, -0.05) is 6.92 Å². The van der Waals surface area contributed by atoms with Crippen LogP contribution >= 0.6 is 0 Å². The molecule has 0 heterocycles. The molecule has 0 aliphatic carbocycles. The number of ether oxygens (including phenoxy) is 1. The van der Waals surface area contributed by atoms with Crippen molar-refractivity contribution >= 4 is 12.0 Å². The quantitative estimate of drug-likeness (QED) is 0.652. The molecule has 1 unspecified atom stereocenters. The van der Waals surface area contributed by atoms with E-state index >= 15 is 0 Å². The summed E-state index contributed by atoms with van der Waals surface area (Å²) < 4.78 is 4.88. The third-order valence-corrected chi connectivity index (χ3v) is 2.74. The van der Waals surface area contributed by atoms with E-state index in [4.69, 9.17) is 9.84 Å². The Labute approximate surface area is 108 Å². The maximum absolute atomic E-state index is 11.6. The van der Waals surface area contributed by atoms with Gasteiger partial charge in [0.15, 0.2) is 0 Å². The number of amides is 2. The molecule has 0 aromatic heterocycles. The van der Waals surface area contributed by atoms with Gasteiger partial charge >= 0.3 is 12.0 Å². The summed E-state index contributed by atoms with van der Waals surface area (Å²) in [4.78, 5) is 23.5. The third-order valence-electron chi connectivity index (χ3n) is 2.74. The van der Waals surface area contributed by atoms with Gasteiger partial charge in [-0.3, -0.25) is 4.79 Å². The van der Waals surface area contributed by atoms with Crippen LogP contribution in [0, 0.1) is 5.92 Å². The Bertz CT molecular complexity index is 258. The lowest BCUT2D eigenvalue weighted by atomic mass is 10.0. The first-order valence-corrected chi connectivity index (χ1v) is 6.17. The van der Waals surface area contributed by atoms with Crippen molar-refractivity contribution in [3.8, 4) is 0 Å². The van der Waals surface area contributed by atoms with Crippen molar-refractivity contribution < 1.29 is 19.4 Å². The minimum Gasteiger partial charge on any atom is -0.481 e. The van der Waals surface area contributed by atoms with Crippen LogP contribution < -0.4 is 5.32 Å². The van der Waals surface area contributed by atoms with Crippen molar-refractivity contribution in [2.75, 3.05) is 33.9 Å². The van der Waals surface area contributed by atoms with Crippen molar-refractivity contribution in [2.45, 2.75) is 26.2 Å². The van der Waals surface area contributed by atoms with Crippen LogP contribution in [-0.2, 0) is 9.53 Å². The lowest BCUT2D eigenvalue weighted by Crippen LogP contribution is -2.39. The molecule has 6 heteroatoms. The van der Waals surface area contributed by atoms with Gasteiger partial charge in [0, 0.05) is 33.7 Å². The van der Waals surface area contributed by atoms with Gasteiger partial charge in [0.25, 0.3) is 0 Å². The van der Waals surface area contributed by atoms with Gasteiger partial charge in [0.1, 0.15) is 0 Å². The number of carboxylic acids is 1. The number of hydrogen-bond donors (Lipinski definition) is 2.